The first-order chi connectivity index (χ1) is 13.7. The molecule has 0 radical (unpaired) electrons. The molecule has 0 spiro atoms. The van der Waals surface area contributed by atoms with Gasteiger partial charge >= 0.3 is 6.03 Å². The van der Waals surface area contributed by atoms with Crippen molar-refractivity contribution < 1.29 is 13.9 Å². The fourth-order valence-corrected chi connectivity index (χ4v) is 3.79. The van der Waals surface area contributed by atoms with Gasteiger partial charge in [0.1, 0.15) is 11.6 Å². The zero-order chi connectivity index (χ0) is 19.3. The van der Waals surface area contributed by atoms with Crippen LogP contribution in [-0.2, 0) is 19.5 Å². The third-order valence-electron chi connectivity index (χ3n) is 5.33. The van der Waals surface area contributed by atoms with E-state index in [4.69, 9.17) is 4.74 Å². The number of ether oxygens (including phenoxy) is 1. The molecule has 0 unspecified atom stereocenters. The van der Waals surface area contributed by atoms with Crippen molar-refractivity contribution in [3.8, 4) is 5.75 Å². The van der Waals surface area contributed by atoms with Crippen molar-refractivity contribution in [3.63, 3.8) is 0 Å². The summed E-state index contributed by atoms with van der Waals surface area (Å²) in [6, 6.07) is 9.10. The van der Waals surface area contributed by atoms with E-state index in [0.717, 1.165) is 50.3 Å². The number of rotatable bonds is 5. The van der Waals surface area contributed by atoms with Crippen molar-refractivity contribution in [3.05, 3.63) is 59.2 Å². The second-order valence-corrected chi connectivity index (χ2v) is 7.28. The number of aromatic nitrogens is 1. The summed E-state index contributed by atoms with van der Waals surface area (Å²) < 4.78 is 18.7. The largest absolute Gasteiger partial charge is 0.493 e. The molecule has 0 bridgehead atoms. The molecule has 2 aromatic rings. The molecule has 0 atom stereocenters. The summed E-state index contributed by atoms with van der Waals surface area (Å²) in [5.41, 5.74) is 2.94. The smallest absolute Gasteiger partial charge is 0.318 e. The third-order valence-corrected chi connectivity index (χ3v) is 5.33. The average Bonchev–Trinajstić information content (AvgIpc) is 3.20. The van der Waals surface area contributed by atoms with E-state index >= 15 is 0 Å². The van der Waals surface area contributed by atoms with E-state index in [-0.39, 0.29) is 17.9 Å². The number of halogens is 1. The fourth-order valence-electron chi connectivity index (χ4n) is 3.79. The van der Waals surface area contributed by atoms with Gasteiger partial charge in [-0.1, -0.05) is 12.1 Å². The quantitative estimate of drug-likeness (QED) is 0.832. The lowest BCUT2D eigenvalue weighted by Crippen LogP contribution is -2.49. The average molecular weight is 384 g/mol. The molecule has 0 saturated carbocycles. The molecule has 6 nitrogen and oxygen atoms in total. The summed E-state index contributed by atoms with van der Waals surface area (Å²) in [7, 11) is 0. The molecule has 1 saturated heterocycles. The second-order valence-electron chi connectivity index (χ2n) is 7.28. The summed E-state index contributed by atoms with van der Waals surface area (Å²) in [6.07, 6.45) is 3.89. The Bertz CT molecular complexity index is 822. The highest BCUT2D eigenvalue weighted by atomic mass is 19.1. The van der Waals surface area contributed by atoms with Crippen molar-refractivity contribution in [1.82, 2.24) is 20.5 Å². The number of nitrogens with zero attached hydrogens (tertiary/aromatic N) is 2. The number of fused-ring (bicyclic) bond motifs is 1. The van der Waals surface area contributed by atoms with Crippen LogP contribution in [0.3, 0.4) is 0 Å². The zero-order valence-corrected chi connectivity index (χ0v) is 15.8. The van der Waals surface area contributed by atoms with E-state index in [1.807, 2.05) is 17.0 Å². The number of carbonyl (C=O) groups excluding carboxylic acids is 1. The third kappa shape index (κ3) is 4.42. The minimum atomic E-state index is -0.373. The normalized spacial score (nSPS) is 16.3. The predicted octanol–water partition coefficient (Wildman–Crippen LogP) is 2.62. The van der Waals surface area contributed by atoms with E-state index in [0.29, 0.717) is 18.8 Å². The zero-order valence-electron chi connectivity index (χ0n) is 15.8. The molecule has 7 heteroatoms. The monoisotopic (exact) mass is 384 g/mol. The van der Waals surface area contributed by atoms with Crippen LogP contribution < -0.4 is 15.4 Å². The SMILES string of the molecule is O=C(NCc1ccc2c(c1)CCO2)N(Cc1ccc(F)cn1)C1CCNCC1. The van der Waals surface area contributed by atoms with Gasteiger partial charge in [-0.3, -0.25) is 4.98 Å². The number of urea groups is 1. The van der Waals surface area contributed by atoms with Crippen molar-refractivity contribution in [2.75, 3.05) is 19.7 Å². The molecule has 148 valence electrons. The minimum Gasteiger partial charge on any atom is -0.493 e. The van der Waals surface area contributed by atoms with Crippen molar-refractivity contribution in [1.29, 1.82) is 0 Å². The molecule has 2 aliphatic heterocycles. The lowest BCUT2D eigenvalue weighted by Gasteiger charge is -2.34. The van der Waals surface area contributed by atoms with Crippen LogP contribution in [0.15, 0.2) is 36.5 Å². The molecule has 2 N–H and O–H groups in total. The van der Waals surface area contributed by atoms with E-state index in [9.17, 15) is 9.18 Å². The predicted molar refractivity (Wildman–Crippen MR) is 104 cm³/mol. The summed E-state index contributed by atoms with van der Waals surface area (Å²) in [5.74, 6) is 0.566. The Balaban J connectivity index is 1.43. The Morgan fingerprint density at radius 2 is 2.14 bits per heavy atom. The minimum absolute atomic E-state index is 0.116. The van der Waals surface area contributed by atoms with Gasteiger partial charge in [0.05, 0.1) is 25.0 Å². The van der Waals surface area contributed by atoms with Crippen molar-refractivity contribution in [2.45, 2.75) is 38.4 Å². The molecule has 1 fully saturated rings. The first kappa shape index (κ1) is 18.7. The number of pyridine rings is 1. The summed E-state index contributed by atoms with van der Waals surface area (Å²) in [6.45, 7) is 3.32. The molecular weight excluding hydrogens is 359 g/mol. The van der Waals surface area contributed by atoms with E-state index < -0.39 is 0 Å². The number of hydrogen-bond acceptors (Lipinski definition) is 4. The summed E-state index contributed by atoms with van der Waals surface area (Å²) in [4.78, 5) is 18.9. The highest BCUT2D eigenvalue weighted by Crippen LogP contribution is 2.26. The lowest BCUT2D eigenvalue weighted by molar-refractivity contribution is 0.153. The first-order valence-electron chi connectivity index (χ1n) is 9.79. The maximum Gasteiger partial charge on any atom is 0.318 e. The van der Waals surface area contributed by atoms with Gasteiger partial charge in [0.25, 0.3) is 0 Å². The van der Waals surface area contributed by atoms with Gasteiger partial charge in [-0.05, 0) is 55.3 Å². The summed E-state index contributed by atoms with van der Waals surface area (Å²) >= 11 is 0. The Labute approximate surface area is 164 Å². The number of amides is 2. The van der Waals surface area contributed by atoms with Gasteiger partial charge in [0.2, 0.25) is 0 Å². The van der Waals surface area contributed by atoms with Crippen molar-refractivity contribution in [2.24, 2.45) is 0 Å². The van der Waals surface area contributed by atoms with Gasteiger partial charge in [-0.2, -0.15) is 0 Å². The number of carbonyl (C=O) groups is 1. The van der Waals surface area contributed by atoms with Crippen LogP contribution in [0.25, 0.3) is 0 Å². The maximum atomic E-state index is 13.2. The van der Waals surface area contributed by atoms with Crippen molar-refractivity contribution >= 4 is 6.03 Å². The summed E-state index contributed by atoms with van der Waals surface area (Å²) in [5, 5.41) is 6.37. The first-order valence-corrected chi connectivity index (χ1v) is 9.79. The standard InChI is InChI=1S/C21H25FN4O2/c22-17-2-3-18(24-13-17)14-26(19-5-8-23-9-6-19)21(27)25-12-15-1-4-20-16(11-15)7-10-28-20/h1-4,11,13,19,23H,5-10,12,14H2,(H,25,27). The Morgan fingerprint density at radius 3 is 2.93 bits per heavy atom. The highest BCUT2D eigenvalue weighted by molar-refractivity contribution is 5.74. The fraction of sp³-hybridized carbons (Fsp3) is 0.429. The molecule has 28 heavy (non-hydrogen) atoms. The van der Waals surface area contributed by atoms with Gasteiger partial charge in [-0.15, -0.1) is 0 Å². The van der Waals surface area contributed by atoms with Crippen LogP contribution in [0.1, 0.15) is 29.7 Å². The van der Waals surface area contributed by atoms with Crippen LogP contribution in [0.4, 0.5) is 9.18 Å². The Morgan fingerprint density at radius 1 is 1.29 bits per heavy atom. The molecule has 0 aliphatic carbocycles. The molecule has 4 rings (SSSR count). The van der Waals surface area contributed by atoms with E-state index in [1.165, 1.54) is 17.8 Å². The number of nitrogens with one attached hydrogen (secondary N) is 2. The van der Waals surface area contributed by atoms with Crippen LogP contribution in [-0.4, -0.2) is 41.7 Å². The molecule has 1 aromatic carbocycles. The van der Waals surface area contributed by atoms with E-state index in [2.05, 4.69) is 21.7 Å². The number of benzene rings is 1. The second kappa shape index (κ2) is 8.56. The Hall–Kier alpha value is -2.67. The molecule has 2 aliphatic rings. The molecule has 2 amide bonds. The van der Waals surface area contributed by atoms with Crippen LogP contribution in [0, 0.1) is 5.82 Å². The number of hydrogen-bond donors (Lipinski definition) is 2. The van der Waals surface area contributed by atoms with Crippen LogP contribution >= 0.6 is 0 Å². The topological polar surface area (TPSA) is 66.5 Å². The lowest BCUT2D eigenvalue weighted by atomic mass is 10.0. The van der Waals surface area contributed by atoms with E-state index in [1.54, 1.807) is 6.07 Å². The maximum absolute atomic E-state index is 13.2. The van der Waals surface area contributed by atoms with Gasteiger partial charge in [0, 0.05) is 19.0 Å². The van der Waals surface area contributed by atoms with Gasteiger partial charge in [-0.25, -0.2) is 9.18 Å². The Kier molecular flexibility index (Phi) is 5.71. The van der Waals surface area contributed by atoms with Gasteiger partial charge < -0.3 is 20.3 Å². The molecular formula is C21H25FN4O2. The van der Waals surface area contributed by atoms with Crippen LogP contribution in [0.2, 0.25) is 0 Å². The highest BCUT2D eigenvalue weighted by Gasteiger charge is 2.26. The number of piperidine rings is 1. The van der Waals surface area contributed by atoms with Gasteiger partial charge in [0.15, 0.2) is 0 Å². The molecule has 1 aromatic heterocycles. The van der Waals surface area contributed by atoms with Crippen LogP contribution in [0.5, 0.6) is 5.75 Å². The molecule has 3 heterocycles.